The summed E-state index contributed by atoms with van der Waals surface area (Å²) >= 11 is 0. The second-order valence-electron chi connectivity index (χ2n) is 6.54. The van der Waals surface area contributed by atoms with Crippen LogP contribution in [0.1, 0.15) is 29.2 Å². The van der Waals surface area contributed by atoms with Crippen LogP contribution >= 0.6 is 0 Å². The highest BCUT2D eigenvalue weighted by atomic mass is 16.5. The standard InChI is InChI=1S/C18H25N5O2/c1-13-9-14(2)11-15(10-13)25-8-7-22(3)18(24)19-12-17-21-20-16-5-4-6-23(16)17/h9-11H,4-8,12H2,1-3H3,(H,19,24). The van der Waals surface area contributed by atoms with Crippen LogP contribution in [0.5, 0.6) is 5.75 Å². The van der Waals surface area contributed by atoms with Crippen LogP contribution in [0, 0.1) is 13.8 Å². The molecule has 2 amide bonds. The highest BCUT2D eigenvalue weighted by Gasteiger charge is 2.18. The third-order valence-corrected chi connectivity index (χ3v) is 4.32. The molecule has 7 nitrogen and oxygen atoms in total. The third kappa shape index (κ3) is 4.29. The van der Waals surface area contributed by atoms with E-state index in [2.05, 4.69) is 26.1 Å². The minimum absolute atomic E-state index is 0.139. The molecule has 0 bridgehead atoms. The zero-order valence-electron chi connectivity index (χ0n) is 15.1. The Balaban J connectivity index is 1.43. The summed E-state index contributed by atoms with van der Waals surface area (Å²) in [6.07, 6.45) is 2.07. The van der Waals surface area contributed by atoms with Crippen LogP contribution in [-0.4, -0.2) is 45.9 Å². The zero-order chi connectivity index (χ0) is 17.8. The lowest BCUT2D eigenvalue weighted by Gasteiger charge is -2.18. The van der Waals surface area contributed by atoms with Crippen molar-refractivity contribution in [2.75, 3.05) is 20.2 Å². The molecule has 0 unspecified atom stereocenters. The van der Waals surface area contributed by atoms with Gasteiger partial charge in [0, 0.05) is 20.0 Å². The molecule has 1 aliphatic heterocycles. The van der Waals surface area contributed by atoms with Crippen LogP contribution in [0.2, 0.25) is 0 Å². The fourth-order valence-corrected chi connectivity index (χ4v) is 3.05. The molecule has 1 aromatic heterocycles. The van der Waals surface area contributed by atoms with Crippen LogP contribution in [0.15, 0.2) is 18.2 Å². The first-order valence-corrected chi connectivity index (χ1v) is 8.64. The number of carbonyl (C=O) groups is 1. The van der Waals surface area contributed by atoms with Crippen molar-refractivity contribution < 1.29 is 9.53 Å². The molecule has 2 aromatic rings. The third-order valence-electron chi connectivity index (χ3n) is 4.32. The molecule has 0 atom stereocenters. The maximum Gasteiger partial charge on any atom is 0.317 e. The highest BCUT2D eigenvalue weighted by molar-refractivity contribution is 5.73. The van der Waals surface area contributed by atoms with Crippen molar-refractivity contribution in [3.05, 3.63) is 41.0 Å². The Labute approximate surface area is 148 Å². The van der Waals surface area contributed by atoms with Gasteiger partial charge in [-0.15, -0.1) is 10.2 Å². The quantitative estimate of drug-likeness (QED) is 0.871. The molecule has 3 rings (SSSR count). The van der Waals surface area contributed by atoms with Gasteiger partial charge in [0.05, 0.1) is 13.1 Å². The van der Waals surface area contributed by atoms with Gasteiger partial charge in [-0.1, -0.05) is 6.07 Å². The number of aryl methyl sites for hydroxylation is 3. The number of carbonyl (C=O) groups excluding carboxylic acids is 1. The number of amides is 2. The largest absolute Gasteiger partial charge is 0.492 e. The predicted octanol–water partition coefficient (Wildman–Crippen LogP) is 2.06. The second kappa shape index (κ2) is 7.55. The summed E-state index contributed by atoms with van der Waals surface area (Å²) in [4.78, 5) is 13.8. The van der Waals surface area contributed by atoms with Crippen LogP contribution in [-0.2, 0) is 19.5 Å². The maximum absolute atomic E-state index is 12.2. The zero-order valence-corrected chi connectivity index (χ0v) is 15.1. The summed E-state index contributed by atoms with van der Waals surface area (Å²) in [6, 6.07) is 5.96. The number of hydrogen-bond donors (Lipinski definition) is 1. The van der Waals surface area contributed by atoms with Gasteiger partial charge in [0.25, 0.3) is 0 Å². The van der Waals surface area contributed by atoms with Crippen LogP contribution < -0.4 is 10.1 Å². The topological polar surface area (TPSA) is 72.3 Å². The van der Waals surface area contributed by atoms with Crippen LogP contribution in [0.4, 0.5) is 4.79 Å². The Bertz CT molecular complexity index is 736. The number of fused-ring (bicyclic) bond motifs is 1. The summed E-state index contributed by atoms with van der Waals surface area (Å²) in [5.41, 5.74) is 2.34. The normalized spacial score (nSPS) is 12.8. The van der Waals surface area contributed by atoms with Gasteiger partial charge in [0.2, 0.25) is 0 Å². The average Bonchev–Trinajstić information content (AvgIpc) is 3.15. The van der Waals surface area contributed by atoms with E-state index < -0.39 is 0 Å². The molecule has 7 heteroatoms. The van der Waals surface area contributed by atoms with E-state index in [9.17, 15) is 4.79 Å². The van der Waals surface area contributed by atoms with Crippen molar-refractivity contribution >= 4 is 6.03 Å². The number of likely N-dealkylation sites (N-methyl/N-ethyl adjacent to an activating group) is 1. The van der Waals surface area contributed by atoms with Gasteiger partial charge in [-0.05, 0) is 43.5 Å². The smallest absolute Gasteiger partial charge is 0.317 e. The molecule has 0 fully saturated rings. The number of urea groups is 1. The number of nitrogens with zero attached hydrogens (tertiary/aromatic N) is 4. The molecular formula is C18H25N5O2. The Morgan fingerprint density at radius 2 is 2.04 bits per heavy atom. The van der Waals surface area contributed by atoms with E-state index in [1.165, 1.54) is 11.1 Å². The first-order valence-electron chi connectivity index (χ1n) is 8.64. The summed E-state index contributed by atoms with van der Waals surface area (Å²) in [7, 11) is 1.76. The van der Waals surface area contributed by atoms with Crippen molar-refractivity contribution in [2.45, 2.75) is 39.8 Å². The Hall–Kier alpha value is -2.57. The predicted molar refractivity (Wildman–Crippen MR) is 94.6 cm³/mol. The molecule has 25 heavy (non-hydrogen) atoms. The molecule has 0 spiro atoms. The number of nitrogens with one attached hydrogen (secondary N) is 1. The van der Waals surface area contributed by atoms with E-state index in [1.807, 2.05) is 26.0 Å². The van der Waals surface area contributed by atoms with Crippen LogP contribution in [0.25, 0.3) is 0 Å². The van der Waals surface area contributed by atoms with E-state index in [-0.39, 0.29) is 6.03 Å². The summed E-state index contributed by atoms with van der Waals surface area (Å²) in [5, 5.41) is 11.2. The molecule has 1 aromatic carbocycles. The molecule has 2 heterocycles. The Morgan fingerprint density at radius 1 is 1.28 bits per heavy atom. The lowest BCUT2D eigenvalue weighted by molar-refractivity contribution is 0.194. The molecule has 1 aliphatic rings. The molecule has 0 saturated heterocycles. The van der Waals surface area contributed by atoms with Gasteiger partial charge in [-0.2, -0.15) is 0 Å². The lowest BCUT2D eigenvalue weighted by atomic mass is 10.1. The van der Waals surface area contributed by atoms with E-state index in [0.29, 0.717) is 19.7 Å². The van der Waals surface area contributed by atoms with Crippen molar-refractivity contribution in [3.63, 3.8) is 0 Å². The minimum Gasteiger partial charge on any atom is -0.492 e. The van der Waals surface area contributed by atoms with E-state index in [0.717, 1.165) is 36.8 Å². The van der Waals surface area contributed by atoms with E-state index in [1.54, 1.807) is 11.9 Å². The molecule has 0 radical (unpaired) electrons. The van der Waals surface area contributed by atoms with Crippen molar-refractivity contribution in [1.29, 1.82) is 0 Å². The van der Waals surface area contributed by atoms with E-state index >= 15 is 0 Å². The van der Waals surface area contributed by atoms with E-state index in [4.69, 9.17) is 4.74 Å². The molecule has 0 aliphatic carbocycles. The van der Waals surface area contributed by atoms with Crippen molar-refractivity contribution in [1.82, 2.24) is 25.0 Å². The van der Waals surface area contributed by atoms with Crippen LogP contribution in [0.3, 0.4) is 0 Å². The highest BCUT2D eigenvalue weighted by Crippen LogP contribution is 2.16. The summed E-state index contributed by atoms with van der Waals surface area (Å²) < 4.78 is 7.84. The molecular weight excluding hydrogens is 318 g/mol. The number of ether oxygens (including phenoxy) is 1. The Morgan fingerprint density at radius 3 is 2.80 bits per heavy atom. The van der Waals surface area contributed by atoms with Crippen molar-refractivity contribution in [2.24, 2.45) is 0 Å². The minimum atomic E-state index is -0.139. The molecule has 134 valence electrons. The SMILES string of the molecule is Cc1cc(C)cc(OCCN(C)C(=O)NCc2nnc3n2CCC3)c1. The number of aromatic nitrogens is 3. The van der Waals surface area contributed by atoms with Gasteiger partial charge in [0.1, 0.15) is 18.2 Å². The van der Waals surface area contributed by atoms with Gasteiger partial charge in [0.15, 0.2) is 5.82 Å². The summed E-state index contributed by atoms with van der Waals surface area (Å²) in [5.74, 6) is 2.67. The van der Waals surface area contributed by atoms with Gasteiger partial charge >= 0.3 is 6.03 Å². The van der Waals surface area contributed by atoms with Crippen molar-refractivity contribution in [3.8, 4) is 5.75 Å². The summed E-state index contributed by atoms with van der Waals surface area (Å²) in [6.45, 7) is 6.38. The first-order chi connectivity index (χ1) is 12.0. The lowest BCUT2D eigenvalue weighted by Crippen LogP contribution is -2.39. The fraction of sp³-hybridized carbons (Fsp3) is 0.500. The Kier molecular flexibility index (Phi) is 5.21. The first kappa shape index (κ1) is 17.3. The number of rotatable bonds is 6. The molecule has 1 N–H and O–H groups in total. The molecule has 0 saturated carbocycles. The maximum atomic E-state index is 12.2. The average molecular weight is 343 g/mol. The second-order valence-corrected chi connectivity index (χ2v) is 6.54. The van der Waals surface area contributed by atoms with Gasteiger partial charge in [-0.25, -0.2) is 4.79 Å². The fourth-order valence-electron chi connectivity index (χ4n) is 3.05. The monoisotopic (exact) mass is 343 g/mol. The van der Waals surface area contributed by atoms with Gasteiger partial charge in [-0.3, -0.25) is 0 Å². The number of benzene rings is 1. The number of hydrogen-bond acceptors (Lipinski definition) is 4. The van der Waals surface area contributed by atoms with Gasteiger partial charge < -0.3 is 19.5 Å².